The Morgan fingerprint density at radius 2 is 1.85 bits per heavy atom. The van der Waals surface area contributed by atoms with Crippen LogP contribution in [0.15, 0.2) is 47.4 Å². The lowest BCUT2D eigenvalue weighted by Gasteiger charge is -2.19. The van der Waals surface area contributed by atoms with Gasteiger partial charge in [-0.1, -0.05) is 17.7 Å². The summed E-state index contributed by atoms with van der Waals surface area (Å²) in [5.41, 5.74) is 0.553. The molecule has 2 N–H and O–H groups in total. The summed E-state index contributed by atoms with van der Waals surface area (Å²) in [6.45, 7) is 0.909. The molecular weight excluding hydrogens is 380 g/mol. The lowest BCUT2D eigenvalue weighted by molar-refractivity contribution is -0.116. The molecule has 7 nitrogen and oxygen atoms in total. The van der Waals surface area contributed by atoms with Crippen LogP contribution in [0.5, 0.6) is 11.5 Å². The van der Waals surface area contributed by atoms with Crippen LogP contribution in [0.3, 0.4) is 0 Å². The first kappa shape index (κ1) is 18.5. The summed E-state index contributed by atoms with van der Waals surface area (Å²) in [6.07, 6.45) is -0.0196. The molecule has 0 unspecified atom stereocenters. The summed E-state index contributed by atoms with van der Waals surface area (Å²) in [5.74, 6) is 0.870. The van der Waals surface area contributed by atoms with Gasteiger partial charge in [-0.2, -0.15) is 0 Å². The van der Waals surface area contributed by atoms with Gasteiger partial charge in [-0.05, 0) is 30.3 Å². The van der Waals surface area contributed by atoms with Crippen LogP contribution in [0, 0.1) is 0 Å². The normalized spacial score (nSPS) is 13.3. The third-order valence-corrected chi connectivity index (χ3v) is 5.27. The minimum atomic E-state index is -3.71. The molecule has 2 aromatic carbocycles. The van der Waals surface area contributed by atoms with Crippen molar-refractivity contribution in [1.29, 1.82) is 0 Å². The molecule has 0 atom stereocenters. The van der Waals surface area contributed by atoms with Gasteiger partial charge in [0, 0.05) is 29.7 Å². The summed E-state index contributed by atoms with van der Waals surface area (Å²) >= 11 is 5.80. The standard InChI is InChI=1S/C17H17ClN2O5S/c18-12-2-1-3-14(10-12)26(22,23)19-7-6-17(21)20-13-4-5-15-16(11-13)25-9-8-24-15/h1-5,10-11,19H,6-9H2,(H,20,21). The molecule has 0 spiro atoms. The van der Waals surface area contributed by atoms with Gasteiger partial charge in [0.25, 0.3) is 0 Å². The Labute approximate surface area is 156 Å². The van der Waals surface area contributed by atoms with Crippen molar-refractivity contribution in [2.45, 2.75) is 11.3 Å². The smallest absolute Gasteiger partial charge is 0.240 e. The Kier molecular flexibility index (Phi) is 5.65. The van der Waals surface area contributed by atoms with E-state index in [1.165, 1.54) is 12.1 Å². The van der Waals surface area contributed by atoms with Crippen LogP contribution in [0.4, 0.5) is 5.69 Å². The number of anilines is 1. The van der Waals surface area contributed by atoms with Crippen molar-refractivity contribution in [2.24, 2.45) is 0 Å². The number of sulfonamides is 1. The van der Waals surface area contributed by atoms with Crippen molar-refractivity contribution in [3.05, 3.63) is 47.5 Å². The number of fused-ring (bicyclic) bond motifs is 1. The third kappa shape index (κ3) is 4.66. The number of rotatable bonds is 6. The summed E-state index contributed by atoms with van der Waals surface area (Å²) in [7, 11) is -3.71. The lowest BCUT2D eigenvalue weighted by Crippen LogP contribution is -2.27. The largest absolute Gasteiger partial charge is 0.486 e. The van der Waals surface area contributed by atoms with Crippen molar-refractivity contribution >= 4 is 33.2 Å². The summed E-state index contributed by atoms with van der Waals surface area (Å²) < 4.78 is 37.5. The minimum Gasteiger partial charge on any atom is -0.486 e. The highest BCUT2D eigenvalue weighted by Gasteiger charge is 2.15. The van der Waals surface area contributed by atoms with Crippen molar-refractivity contribution in [3.63, 3.8) is 0 Å². The molecule has 0 fully saturated rings. The van der Waals surface area contributed by atoms with E-state index >= 15 is 0 Å². The predicted molar refractivity (Wildman–Crippen MR) is 97.3 cm³/mol. The Bertz CT molecular complexity index is 917. The topological polar surface area (TPSA) is 93.7 Å². The summed E-state index contributed by atoms with van der Waals surface area (Å²) in [5, 5.41) is 3.02. The second-order valence-corrected chi connectivity index (χ2v) is 7.72. The van der Waals surface area contributed by atoms with Gasteiger partial charge in [0.1, 0.15) is 13.2 Å². The van der Waals surface area contributed by atoms with E-state index in [0.29, 0.717) is 35.4 Å². The van der Waals surface area contributed by atoms with E-state index in [-0.39, 0.29) is 23.8 Å². The highest BCUT2D eigenvalue weighted by molar-refractivity contribution is 7.89. The molecule has 0 saturated heterocycles. The Morgan fingerprint density at radius 3 is 2.62 bits per heavy atom. The van der Waals surface area contributed by atoms with Gasteiger partial charge in [0.05, 0.1) is 4.90 Å². The van der Waals surface area contributed by atoms with Gasteiger partial charge in [0.15, 0.2) is 11.5 Å². The van der Waals surface area contributed by atoms with Gasteiger partial charge in [-0.3, -0.25) is 4.79 Å². The predicted octanol–water partition coefficient (Wildman–Crippen LogP) is 2.42. The maximum atomic E-state index is 12.2. The van der Waals surface area contributed by atoms with Gasteiger partial charge >= 0.3 is 0 Å². The monoisotopic (exact) mass is 396 g/mol. The van der Waals surface area contributed by atoms with Crippen LogP contribution in [0.1, 0.15) is 6.42 Å². The number of carbonyl (C=O) groups excluding carboxylic acids is 1. The zero-order valence-electron chi connectivity index (χ0n) is 13.7. The van der Waals surface area contributed by atoms with E-state index in [1.54, 1.807) is 30.3 Å². The molecule has 1 amide bonds. The number of carbonyl (C=O) groups is 1. The first-order chi connectivity index (χ1) is 12.4. The maximum Gasteiger partial charge on any atom is 0.240 e. The van der Waals surface area contributed by atoms with Crippen molar-refractivity contribution in [3.8, 4) is 11.5 Å². The first-order valence-corrected chi connectivity index (χ1v) is 9.75. The molecule has 1 aliphatic rings. The van der Waals surface area contributed by atoms with Crippen LogP contribution in [-0.2, 0) is 14.8 Å². The number of hydrogen-bond acceptors (Lipinski definition) is 5. The SMILES string of the molecule is O=C(CCNS(=O)(=O)c1cccc(Cl)c1)Nc1ccc2c(c1)OCCO2. The average Bonchev–Trinajstić information content (AvgIpc) is 2.61. The fourth-order valence-corrected chi connectivity index (χ4v) is 3.69. The second kappa shape index (κ2) is 7.94. The van der Waals surface area contributed by atoms with Gasteiger partial charge in [-0.25, -0.2) is 13.1 Å². The van der Waals surface area contributed by atoms with E-state index in [0.717, 1.165) is 0 Å². The number of hydrogen-bond donors (Lipinski definition) is 2. The third-order valence-electron chi connectivity index (χ3n) is 3.58. The first-order valence-electron chi connectivity index (χ1n) is 7.89. The van der Waals surface area contributed by atoms with Crippen LogP contribution in [0.25, 0.3) is 0 Å². The maximum absolute atomic E-state index is 12.2. The molecule has 0 radical (unpaired) electrons. The molecule has 0 saturated carbocycles. The Balaban J connectivity index is 1.53. The number of nitrogens with one attached hydrogen (secondary N) is 2. The summed E-state index contributed by atoms with van der Waals surface area (Å²) in [4.78, 5) is 12.1. The number of ether oxygens (including phenoxy) is 2. The van der Waals surface area contributed by atoms with E-state index in [9.17, 15) is 13.2 Å². The van der Waals surface area contributed by atoms with Crippen LogP contribution < -0.4 is 19.5 Å². The highest BCUT2D eigenvalue weighted by atomic mass is 35.5. The molecule has 0 aromatic heterocycles. The average molecular weight is 397 g/mol. The molecular formula is C17H17ClN2O5S. The van der Waals surface area contributed by atoms with E-state index in [4.69, 9.17) is 21.1 Å². The molecule has 26 heavy (non-hydrogen) atoms. The van der Waals surface area contributed by atoms with Gasteiger partial charge < -0.3 is 14.8 Å². The molecule has 138 valence electrons. The molecule has 1 aliphatic heterocycles. The second-order valence-electron chi connectivity index (χ2n) is 5.51. The number of amides is 1. The van der Waals surface area contributed by atoms with Crippen molar-refractivity contribution in [2.75, 3.05) is 25.1 Å². The molecule has 1 heterocycles. The van der Waals surface area contributed by atoms with Crippen LogP contribution in [-0.4, -0.2) is 34.1 Å². The Morgan fingerprint density at radius 1 is 1.08 bits per heavy atom. The quantitative estimate of drug-likeness (QED) is 0.782. The van der Waals surface area contributed by atoms with Crippen molar-refractivity contribution < 1.29 is 22.7 Å². The van der Waals surface area contributed by atoms with E-state index < -0.39 is 10.0 Å². The Hall–Kier alpha value is -2.29. The van der Waals surface area contributed by atoms with Crippen molar-refractivity contribution in [1.82, 2.24) is 4.72 Å². The molecule has 2 aromatic rings. The lowest BCUT2D eigenvalue weighted by atomic mass is 10.2. The zero-order valence-corrected chi connectivity index (χ0v) is 15.3. The molecule has 0 bridgehead atoms. The number of halogens is 1. The molecule has 0 aliphatic carbocycles. The fourth-order valence-electron chi connectivity index (χ4n) is 2.36. The molecule has 3 rings (SSSR count). The van der Waals surface area contributed by atoms with E-state index in [2.05, 4.69) is 10.0 Å². The highest BCUT2D eigenvalue weighted by Crippen LogP contribution is 2.32. The summed E-state index contributed by atoms with van der Waals surface area (Å²) in [6, 6.07) is 11.0. The number of benzene rings is 2. The fraction of sp³-hybridized carbons (Fsp3) is 0.235. The van der Waals surface area contributed by atoms with Gasteiger partial charge in [0.2, 0.25) is 15.9 Å². The zero-order chi connectivity index (χ0) is 18.6. The van der Waals surface area contributed by atoms with Crippen LogP contribution in [0.2, 0.25) is 5.02 Å². The van der Waals surface area contributed by atoms with E-state index in [1.807, 2.05) is 0 Å². The van der Waals surface area contributed by atoms with Gasteiger partial charge in [-0.15, -0.1) is 0 Å². The van der Waals surface area contributed by atoms with Crippen LogP contribution >= 0.6 is 11.6 Å². The molecule has 9 heteroatoms. The minimum absolute atomic E-state index is 0.0196.